The summed E-state index contributed by atoms with van der Waals surface area (Å²) in [6.45, 7) is 9.03. The monoisotopic (exact) mass is 327 g/mol. The highest BCUT2D eigenvalue weighted by molar-refractivity contribution is 9.10. The van der Waals surface area contributed by atoms with Gasteiger partial charge in [-0.3, -0.25) is 0 Å². The first-order valence-corrected chi connectivity index (χ1v) is 7.90. The van der Waals surface area contributed by atoms with E-state index >= 15 is 0 Å². The molecule has 108 valence electrons. The van der Waals surface area contributed by atoms with E-state index in [-0.39, 0.29) is 0 Å². The normalized spacial score (nSPS) is 14.2. The number of nitrogens with one attached hydrogen (secondary N) is 1. The standard InChI is InChI=1S/C16H26BrNO/c1-5-8-18-11-13(3)12(2)9-14-10-15(17)6-7-16(14)19-4/h6-7,10,12-13,18H,5,8-9,11H2,1-4H3. The molecule has 2 unspecified atom stereocenters. The second kappa shape index (κ2) is 8.60. The van der Waals surface area contributed by atoms with Crippen molar-refractivity contribution in [2.24, 2.45) is 11.8 Å². The lowest BCUT2D eigenvalue weighted by Gasteiger charge is -2.21. The van der Waals surface area contributed by atoms with Crippen molar-refractivity contribution >= 4 is 15.9 Å². The molecule has 0 bridgehead atoms. The fraction of sp³-hybridized carbons (Fsp3) is 0.625. The highest BCUT2D eigenvalue weighted by Gasteiger charge is 2.15. The van der Waals surface area contributed by atoms with E-state index in [1.165, 1.54) is 12.0 Å². The van der Waals surface area contributed by atoms with Crippen molar-refractivity contribution < 1.29 is 4.74 Å². The molecule has 0 saturated heterocycles. The number of hydrogen-bond donors (Lipinski definition) is 1. The van der Waals surface area contributed by atoms with Crippen LogP contribution in [0.2, 0.25) is 0 Å². The van der Waals surface area contributed by atoms with E-state index in [1.807, 2.05) is 12.1 Å². The molecule has 0 spiro atoms. The molecule has 0 heterocycles. The van der Waals surface area contributed by atoms with E-state index in [0.717, 1.165) is 29.7 Å². The zero-order chi connectivity index (χ0) is 14.3. The van der Waals surface area contributed by atoms with Crippen LogP contribution in [0.1, 0.15) is 32.8 Å². The van der Waals surface area contributed by atoms with Gasteiger partial charge in [0.2, 0.25) is 0 Å². The van der Waals surface area contributed by atoms with E-state index in [1.54, 1.807) is 7.11 Å². The van der Waals surface area contributed by atoms with Crippen LogP contribution in [0.25, 0.3) is 0 Å². The molecule has 0 aromatic heterocycles. The van der Waals surface area contributed by atoms with Crippen LogP contribution in [-0.4, -0.2) is 20.2 Å². The summed E-state index contributed by atoms with van der Waals surface area (Å²) in [4.78, 5) is 0. The zero-order valence-corrected chi connectivity index (χ0v) is 14.1. The summed E-state index contributed by atoms with van der Waals surface area (Å²) >= 11 is 3.54. The smallest absolute Gasteiger partial charge is 0.122 e. The van der Waals surface area contributed by atoms with Crippen LogP contribution < -0.4 is 10.1 Å². The van der Waals surface area contributed by atoms with Gasteiger partial charge in [-0.2, -0.15) is 0 Å². The summed E-state index contributed by atoms with van der Waals surface area (Å²) in [6, 6.07) is 6.23. The highest BCUT2D eigenvalue weighted by Crippen LogP contribution is 2.27. The average molecular weight is 328 g/mol. The van der Waals surface area contributed by atoms with Gasteiger partial charge in [0.05, 0.1) is 7.11 Å². The highest BCUT2D eigenvalue weighted by atomic mass is 79.9. The van der Waals surface area contributed by atoms with Gasteiger partial charge in [-0.15, -0.1) is 0 Å². The molecule has 0 aliphatic heterocycles. The summed E-state index contributed by atoms with van der Waals surface area (Å²) in [6.07, 6.45) is 2.25. The molecule has 19 heavy (non-hydrogen) atoms. The number of ether oxygens (including phenoxy) is 1. The third kappa shape index (κ3) is 5.53. The molecule has 0 aliphatic rings. The van der Waals surface area contributed by atoms with Crippen molar-refractivity contribution in [1.82, 2.24) is 5.32 Å². The van der Waals surface area contributed by atoms with Crippen molar-refractivity contribution in [2.45, 2.75) is 33.6 Å². The Hall–Kier alpha value is -0.540. The molecule has 1 N–H and O–H groups in total. The Bertz CT molecular complexity index is 381. The molecular formula is C16H26BrNO. The average Bonchev–Trinajstić information content (AvgIpc) is 2.39. The maximum Gasteiger partial charge on any atom is 0.122 e. The zero-order valence-electron chi connectivity index (χ0n) is 12.5. The van der Waals surface area contributed by atoms with Gasteiger partial charge in [-0.25, -0.2) is 0 Å². The number of rotatable bonds is 8. The summed E-state index contributed by atoms with van der Waals surface area (Å²) in [5, 5.41) is 3.50. The molecule has 3 heteroatoms. The first-order chi connectivity index (χ1) is 9.08. The molecule has 0 fully saturated rings. The Kier molecular flexibility index (Phi) is 7.47. The van der Waals surface area contributed by atoms with Gasteiger partial charge in [0, 0.05) is 4.47 Å². The Labute approximate surface area is 126 Å². The van der Waals surface area contributed by atoms with Crippen molar-refractivity contribution in [2.75, 3.05) is 20.2 Å². The summed E-state index contributed by atoms with van der Waals surface area (Å²) in [5.41, 5.74) is 1.28. The second-order valence-corrected chi connectivity index (χ2v) is 6.23. The largest absolute Gasteiger partial charge is 0.496 e. The minimum atomic E-state index is 0.632. The molecule has 0 amide bonds. The summed E-state index contributed by atoms with van der Waals surface area (Å²) in [5.74, 6) is 2.28. The molecule has 1 aromatic carbocycles. The van der Waals surface area contributed by atoms with Gasteiger partial charge >= 0.3 is 0 Å². The Morgan fingerprint density at radius 2 is 2.00 bits per heavy atom. The predicted octanol–water partition coefficient (Wildman–Crippen LogP) is 4.27. The fourth-order valence-electron chi connectivity index (χ4n) is 2.16. The predicted molar refractivity (Wildman–Crippen MR) is 85.9 cm³/mol. The van der Waals surface area contributed by atoms with E-state index in [4.69, 9.17) is 4.74 Å². The molecule has 0 saturated carbocycles. The fourth-order valence-corrected chi connectivity index (χ4v) is 2.57. The third-order valence-corrected chi connectivity index (χ3v) is 4.14. The Morgan fingerprint density at radius 1 is 1.26 bits per heavy atom. The number of methoxy groups -OCH3 is 1. The molecule has 0 aliphatic carbocycles. The molecule has 2 nitrogen and oxygen atoms in total. The summed E-state index contributed by atoms with van der Waals surface area (Å²) < 4.78 is 6.56. The third-order valence-electron chi connectivity index (χ3n) is 3.65. The lowest BCUT2D eigenvalue weighted by molar-refractivity contribution is 0.355. The number of halogens is 1. The van der Waals surface area contributed by atoms with Crippen LogP contribution in [-0.2, 0) is 6.42 Å². The van der Waals surface area contributed by atoms with Crippen molar-refractivity contribution in [3.05, 3.63) is 28.2 Å². The van der Waals surface area contributed by atoms with Gasteiger partial charge in [-0.05, 0) is 61.5 Å². The quantitative estimate of drug-likeness (QED) is 0.720. The van der Waals surface area contributed by atoms with Crippen molar-refractivity contribution in [1.29, 1.82) is 0 Å². The first kappa shape index (κ1) is 16.5. The Morgan fingerprint density at radius 3 is 2.63 bits per heavy atom. The van der Waals surface area contributed by atoms with Crippen molar-refractivity contribution in [3.8, 4) is 5.75 Å². The van der Waals surface area contributed by atoms with Crippen molar-refractivity contribution in [3.63, 3.8) is 0 Å². The maximum absolute atomic E-state index is 5.44. The second-order valence-electron chi connectivity index (χ2n) is 5.32. The van der Waals surface area contributed by atoms with Crippen LogP contribution in [0, 0.1) is 11.8 Å². The molecular weight excluding hydrogens is 302 g/mol. The first-order valence-electron chi connectivity index (χ1n) is 7.11. The van der Waals surface area contributed by atoms with Crippen LogP contribution >= 0.6 is 15.9 Å². The van der Waals surface area contributed by atoms with Crippen LogP contribution in [0.4, 0.5) is 0 Å². The van der Waals surface area contributed by atoms with Gasteiger partial charge in [0.1, 0.15) is 5.75 Å². The van der Waals surface area contributed by atoms with E-state index in [9.17, 15) is 0 Å². The summed E-state index contributed by atoms with van der Waals surface area (Å²) in [7, 11) is 1.74. The van der Waals surface area contributed by atoms with Gasteiger partial charge in [0.25, 0.3) is 0 Å². The van der Waals surface area contributed by atoms with E-state index in [0.29, 0.717) is 11.8 Å². The number of benzene rings is 1. The minimum absolute atomic E-state index is 0.632. The van der Waals surface area contributed by atoms with Crippen LogP contribution in [0.5, 0.6) is 5.75 Å². The van der Waals surface area contributed by atoms with Crippen LogP contribution in [0.3, 0.4) is 0 Å². The molecule has 1 aromatic rings. The SMILES string of the molecule is CCCNCC(C)C(C)Cc1cc(Br)ccc1OC. The van der Waals surface area contributed by atoms with Gasteiger partial charge in [-0.1, -0.05) is 36.7 Å². The Balaban J connectivity index is 2.60. The molecule has 2 atom stereocenters. The van der Waals surface area contributed by atoms with E-state index < -0.39 is 0 Å². The van der Waals surface area contributed by atoms with E-state index in [2.05, 4.69) is 48.1 Å². The maximum atomic E-state index is 5.44. The van der Waals surface area contributed by atoms with Gasteiger partial charge < -0.3 is 10.1 Å². The number of hydrogen-bond acceptors (Lipinski definition) is 2. The lowest BCUT2D eigenvalue weighted by atomic mass is 9.89. The van der Waals surface area contributed by atoms with Gasteiger partial charge in [0.15, 0.2) is 0 Å². The lowest BCUT2D eigenvalue weighted by Crippen LogP contribution is -2.26. The molecule has 1 rings (SSSR count). The topological polar surface area (TPSA) is 21.3 Å². The van der Waals surface area contributed by atoms with Crippen LogP contribution in [0.15, 0.2) is 22.7 Å². The minimum Gasteiger partial charge on any atom is -0.496 e. The molecule has 0 radical (unpaired) electrons.